The molecule has 0 spiro atoms. The summed E-state index contributed by atoms with van der Waals surface area (Å²) < 4.78 is 0. The first-order valence-corrected chi connectivity index (χ1v) is 6.75. The van der Waals surface area contributed by atoms with Crippen molar-refractivity contribution in [3.05, 3.63) is 29.8 Å². The molecule has 17 heavy (non-hydrogen) atoms. The van der Waals surface area contributed by atoms with E-state index in [2.05, 4.69) is 32.9 Å². The van der Waals surface area contributed by atoms with Gasteiger partial charge in [-0.05, 0) is 53.6 Å². The van der Waals surface area contributed by atoms with Crippen molar-refractivity contribution in [2.24, 2.45) is 16.7 Å². The molecule has 0 unspecified atom stereocenters. The van der Waals surface area contributed by atoms with Gasteiger partial charge in [0.15, 0.2) is 0 Å². The Morgan fingerprint density at radius 3 is 2.41 bits per heavy atom. The third-order valence-corrected chi connectivity index (χ3v) is 6.11. The number of hydrogen-bond acceptors (Lipinski definition) is 1. The van der Waals surface area contributed by atoms with E-state index in [1.165, 1.54) is 24.8 Å². The molecule has 1 aromatic rings. The van der Waals surface area contributed by atoms with Crippen molar-refractivity contribution in [2.45, 2.75) is 46.0 Å². The van der Waals surface area contributed by atoms with Crippen LogP contribution in [0.5, 0.6) is 5.75 Å². The van der Waals surface area contributed by atoms with Crippen molar-refractivity contribution >= 4 is 0 Å². The quantitative estimate of drug-likeness (QED) is 0.761. The summed E-state index contributed by atoms with van der Waals surface area (Å²) in [6, 6.07) is 7.91. The van der Waals surface area contributed by atoms with Gasteiger partial charge in [0.25, 0.3) is 0 Å². The van der Waals surface area contributed by atoms with Crippen LogP contribution in [-0.4, -0.2) is 5.11 Å². The Hall–Kier alpha value is -0.980. The molecular formula is C16H22O. The van der Waals surface area contributed by atoms with E-state index < -0.39 is 0 Å². The average Bonchev–Trinajstić information content (AvgIpc) is 2.62. The lowest BCUT2D eigenvalue weighted by molar-refractivity contribution is 0.133. The maximum absolute atomic E-state index is 10.1. The van der Waals surface area contributed by atoms with Gasteiger partial charge in [-0.3, -0.25) is 0 Å². The van der Waals surface area contributed by atoms with Crippen LogP contribution >= 0.6 is 0 Å². The van der Waals surface area contributed by atoms with Crippen molar-refractivity contribution in [1.82, 2.24) is 0 Å². The standard InChI is InChI=1S/C16H22O/c1-15(2)11-8-9-16(15,3)13(10-11)12-6-4-5-7-14(12)17/h4-7,11,13,17H,8-10H2,1-3H3/t11-,13-,16-/m1/s1. The van der Waals surface area contributed by atoms with Crippen molar-refractivity contribution in [3.63, 3.8) is 0 Å². The highest BCUT2D eigenvalue weighted by Crippen LogP contribution is 2.71. The summed E-state index contributed by atoms with van der Waals surface area (Å²) >= 11 is 0. The molecular weight excluding hydrogens is 208 g/mol. The minimum absolute atomic E-state index is 0.358. The number of benzene rings is 1. The topological polar surface area (TPSA) is 20.2 Å². The van der Waals surface area contributed by atoms with Gasteiger partial charge < -0.3 is 5.11 Å². The summed E-state index contributed by atoms with van der Waals surface area (Å²) in [7, 11) is 0. The van der Waals surface area contributed by atoms with Gasteiger partial charge in [0, 0.05) is 0 Å². The zero-order valence-electron chi connectivity index (χ0n) is 11.0. The smallest absolute Gasteiger partial charge is 0.119 e. The molecule has 0 aliphatic heterocycles. The number of phenolic OH excluding ortho intramolecular Hbond substituents is 1. The van der Waals surface area contributed by atoms with Crippen LogP contribution in [-0.2, 0) is 0 Å². The molecule has 2 bridgehead atoms. The predicted molar refractivity (Wildman–Crippen MR) is 70.1 cm³/mol. The van der Waals surface area contributed by atoms with Crippen molar-refractivity contribution in [2.75, 3.05) is 0 Å². The fourth-order valence-electron chi connectivity index (χ4n) is 4.46. The first-order valence-electron chi connectivity index (χ1n) is 6.75. The van der Waals surface area contributed by atoms with Crippen molar-refractivity contribution in [3.8, 4) is 5.75 Å². The second kappa shape index (κ2) is 3.28. The third-order valence-electron chi connectivity index (χ3n) is 6.11. The summed E-state index contributed by atoms with van der Waals surface area (Å²) in [4.78, 5) is 0. The first-order chi connectivity index (χ1) is 7.97. The molecule has 0 heterocycles. The number of aromatic hydroxyl groups is 1. The maximum atomic E-state index is 10.1. The van der Waals surface area contributed by atoms with Crippen LogP contribution in [0.3, 0.4) is 0 Å². The molecule has 0 radical (unpaired) electrons. The lowest BCUT2D eigenvalue weighted by Gasteiger charge is -2.39. The van der Waals surface area contributed by atoms with Gasteiger partial charge >= 0.3 is 0 Å². The van der Waals surface area contributed by atoms with Gasteiger partial charge in [-0.25, -0.2) is 0 Å². The molecule has 3 rings (SSSR count). The summed E-state index contributed by atoms with van der Waals surface area (Å²) in [6.07, 6.45) is 3.93. The normalized spacial score (nSPS) is 38.5. The summed E-state index contributed by atoms with van der Waals surface area (Å²) in [5.41, 5.74) is 1.95. The Morgan fingerprint density at radius 2 is 1.88 bits per heavy atom. The van der Waals surface area contributed by atoms with E-state index >= 15 is 0 Å². The van der Waals surface area contributed by atoms with E-state index in [1.54, 1.807) is 0 Å². The minimum Gasteiger partial charge on any atom is -0.508 e. The maximum Gasteiger partial charge on any atom is 0.119 e. The Morgan fingerprint density at radius 1 is 1.18 bits per heavy atom. The predicted octanol–water partition coefficient (Wildman–Crippen LogP) is 4.32. The Kier molecular flexibility index (Phi) is 2.14. The van der Waals surface area contributed by atoms with Gasteiger partial charge in [-0.2, -0.15) is 0 Å². The summed E-state index contributed by atoms with van der Waals surface area (Å²) in [6.45, 7) is 7.27. The molecule has 1 nitrogen and oxygen atoms in total. The van der Waals surface area contributed by atoms with Crippen molar-refractivity contribution in [1.29, 1.82) is 0 Å². The van der Waals surface area contributed by atoms with Gasteiger partial charge in [0.2, 0.25) is 0 Å². The molecule has 0 saturated heterocycles. The minimum atomic E-state index is 0.358. The molecule has 2 fully saturated rings. The van der Waals surface area contributed by atoms with E-state index in [9.17, 15) is 5.11 Å². The van der Waals surface area contributed by atoms with E-state index in [4.69, 9.17) is 0 Å². The van der Waals surface area contributed by atoms with E-state index in [-0.39, 0.29) is 0 Å². The highest BCUT2D eigenvalue weighted by Gasteiger charge is 2.61. The third kappa shape index (κ3) is 1.26. The lowest BCUT2D eigenvalue weighted by atomic mass is 9.65. The highest BCUT2D eigenvalue weighted by molar-refractivity contribution is 5.38. The van der Waals surface area contributed by atoms with Crippen LogP contribution in [0, 0.1) is 16.7 Å². The van der Waals surface area contributed by atoms with Gasteiger partial charge in [-0.1, -0.05) is 39.0 Å². The largest absolute Gasteiger partial charge is 0.508 e. The summed E-state index contributed by atoms with van der Waals surface area (Å²) in [5, 5.41) is 10.1. The van der Waals surface area contributed by atoms with E-state index in [0.717, 1.165) is 5.92 Å². The zero-order chi connectivity index (χ0) is 12.3. The molecule has 0 aromatic heterocycles. The molecule has 3 atom stereocenters. The van der Waals surface area contributed by atoms with Crippen LogP contribution in [0.4, 0.5) is 0 Å². The Bertz CT molecular complexity index is 449. The molecule has 2 saturated carbocycles. The average molecular weight is 230 g/mol. The Labute approximate surface area is 104 Å². The summed E-state index contributed by atoms with van der Waals surface area (Å²) in [5.74, 6) is 1.86. The second-order valence-electron chi connectivity index (χ2n) is 6.72. The van der Waals surface area contributed by atoms with Gasteiger partial charge in [0.1, 0.15) is 5.75 Å². The van der Waals surface area contributed by atoms with Gasteiger partial charge in [-0.15, -0.1) is 0 Å². The Balaban J connectivity index is 2.06. The molecule has 1 N–H and O–H groups in total. The molecule has 1 aromatic carbocycles. The monoisotopic (exact) mass is 230 g/mol. The SMILES string of the molecule is CC1(C)[C@@H]2CC[C@]1(C)[C@@H](c1ccccc1O)C2. The highest BCUT2D eigenvalue weighted by atomic mass is 16.3. The van der Waals surface area contributed by atoms with Gasteiger partial charge in [0.05, 0.1) is 0 Å². The number of phenols is 1. The number of para-hydroxylation sites is 1. The van der Waals surface area contributed by atoms with Crippen molar-refractivity contribution < 1.29 is 5.11 Å². The first kappa shape index (κ1) is 11.1. The second-order valence-corrected chi connectivity index (χ2v) is 6.72. The fraction of sp³-hybridized carbons (Fsp3) is 0.625. The molecule has 92 valence electrons. The number of rotatable bonds is 1. The van der Waals surface area contributed by atoms with Crippen LogP contribution in [0.15, 0.2) is 24.3 Å². The van der Waals surface area contributed by atoms with Crippen LogP contribution in [0.2, 0.25) is 0 Å². The molecule has 1 heteroatoms. The van der Waals surface area contributed by atoms with Crippen LogP contribution in [0.1, 0.15) is 51.5 Å². The van der Waals surface area contributed by atoms with E-state index in [0.29, 0.717) is 22.5 Å². The fourth-order valence-corrected chi connectivity index (χ4v) is 4.46. The zero-order valence-corrected chi connectivity index (χ0v) is 11.0. The molecule has 2 aliphatic carbocycles. The molecule has 0 amide bonds. The lowest BCUT2D eigenvalue weighted by Crippen LogP contribution is -2.31. The molecule has 2 aliphatic rings. The van der Waals surface area contributed by atoms with Crippen LogP contribution < -0.4 is 0 Å². The van der Waals surface area contributed by atoms with E-state index in [1.807, 2.05) is 12.1 Å². The van der Waals surface area contributed by atoms with Crippen LogP contribution in [0.25, 0.3) is 0 Å². The number of fused-ring (bicyclic) bond motifs is 2. The number of hydrogen-bond donors (Lipinski definition) is 1.